The Balaban J connectivity index is 1.54. The van der Waals surface area contributed by atoms with Crippen LogP contribution >= 0.6 is 0 Å². The first-order chi connectivity index (χ1) is 10.3. The highest BCUT2D eigenvalue weighted by Crippen LogP contribution is 2.21. The van der Waals surface area contributed by atoms with E-state index in [0.29, 0.717) is 6.10 Å². The molecule has 1 atom stereocenters. The monoisotopic (exact) mass is 289 g/mol. The Labute approximate surface area is 123 Å². The zero-order valence-electron chi connectivity index (χ0n) is 11.9. The molecule has 1 aliphatic heterocycles. The van der Waals surface area contributed by atoms with E-state index in [4.69, 9.17) is 4.74 Å². The maximum atomic E-state index is 13.0. The second-order valence-corrected chi connectivity index (χ2v) is 5.38. The zero-order chi connectivity index (χ0) is 14.5. The summed E-state index contributed by atoms with van der Waals surface area (Å²) in [5, 5.41) is 10.5. The number of aromatic nitrogens is 2. The molecule has 4 nitrogen and oxygen atoms in total. The molecule has 2 N–H and O–H groups in total. The molecule has 3 rings (SSSR count). The molecule has 0 unspecified atom stereocenters. The van der Waals surface area contributed by atoms with Crippen molar-refractivity contribution < 1.29 is 9.13 Å². The molecule has 1 aromatic carbocycles. The van der Waals surface area contributed by atoms with Gasteiger partial charge >= 0.3 is 0 Å². The van der Waals surface area contributed by atoms with Gasteiger partial charge in [-0.25, -0.2) is 4.39 Å². The van der Waals surface area contributed by atoms with Gasteiger partial charge in [-0.1, -0.05) is 0 Å². The van der Waals surface area contributed by atoms with Crippen molar-refractivity contribution in [3.8, 4) is 11.3 Å². The zero-order valence-corrected chi connectivity index (χ0v) is 11.9. The molecule has 0 radical (unpaired) electrons. The summed E-state index contributed by atoms with van der Waals surface area (Å²) in [7, 11) is 0. The fourth-order valence-corrected chi connectivity index (χ4v) is 2.67. The molecule has 0 bridgehead atoms. The first kappa shape index (κ1) is 14.2. The van der Waals surface area contributed by atoms with Crippen LogP contribution in [0.3, 0.4) is 0 Å². The summed E-state index contributed by atoms with van der Waals surface area (Å²) in [5.41, 5.74) is 2.98. The van der Waals surface area contributed by atoms with Crippen LogP contribution in [0.1, 0.15) is 24.8 Å². The number of nitrogens with zero attached hydrogens (tertiary/aromatic N) is 1. The molecule has 0 aliphatic carbocycles. The highest BCUT2D eigenvalue weighted by Gasteiger charge is 2.14. The third kappa shape index (κ3) is 3.68. The summed E-state index contributed by atoms with van der Waals surface area (Å²) in [4.78, 5) is 0. The largest absolute Gasteiger partial charge is 0.378 e. The van der Waals surface area contributed by atoms with E-state index in [-0.39, 0.29) is 5.82 Å². The van der Waals surface area contributed by atoms with Gasteiger partial charge in [-0.3, -0.25) is 5.10 Å². The fourth-order valence-electron chi connectivity index (χ4n) is 2.67. The molecule has 1 aliphatic rings. The van der Waals surface area contributed by atoms with Crippen LogP contribution in [0.2, 0.25) is 0 Å². The third-order valence-electron chi connectivity index (χ3n) is 3.83. The Morgan fingerprint density at radius 3 is 2.95 bits per heavy atom. The van der Waals surface area contributed by atoms with Crippen LogP contribution in [0.4, 0.5) is 4.39 Å². The number of ether oxygens (including phenoxy) is 1. The molecule has 0 amide bonds. The lowest BCUT2D eigenvalue weighted by Gasteiger charge is -2.10. The van der Waals surface area contributed by atoms with Crippen LogP contribution in [-0.4, -0.2) is 29.5 Å². The summed E-state index contributed by atoms with van der Waals surface area (Å²) in [6.07, 6.45) is 5.63. The lowest BCUT2D eigenvalue weighted by molar-refractivity contribution is 0.104. The average molecular weight is 289 g/mol. The van der Waals surface area contributed by atoms with Crippen LogP contribution in [-0.2, 0) is 11.3 Å². The smallest absolute Gasteiger partial charge is 0.123 e. The van der Waals surface area contributed by atoms with Gasteiger partial charge in [0.1, 0.15) is 5.82 Å². The van der Waals surface area contributed by atoms with Gasteiger partial charge in [0.15, 0.2) is 0 Å². The molecule has 1 fully saturated rings. The first-order valence-electron chi connectivity index (χ1n) is 7.43. The molecule has 1 aromatic heterocycles. The van der Waals surface area contributed by atoms with E-state index in [1.165, 1.54) is 25.0 Å². The SMILES string of the molecule is Fc1ccc(-c2[nH]ncc2CNCC[C@H]2CCCO2)cc1. The lowest BCUT2D eigenvalue weighted by Crippen LogP contribution is -2.19. The highest BCUT2D eigenvalue weighted by atomic mass is 19.1. The summed E-state index contributed by atoms with van der Waals surface area (Å²) < 4.78 is 18.6. The van der Waals surface area contributed by atoms with Gasteiger partial charge in [0.2, 0.25) is 0 Å². The molecule has 0 saturated carbocycles. The summed E-state index contributed by atoms with van der Waals surface area (Å²) in [6, 6.07) is 6.45. The lowest BCUT2D eigenvalue weighted by atomic mass is 10.1. The Hall–Kier alpha value is -1.72. The summed E-state index contributed by atoms with van der Waals surface area (Å²) in [5.74, 6) is -0.227. The van der Waals surface area contributed by atoms with Gasteiger partial charge < -0.3 is 10.1 Å². The molecule has 2 heterocycles. The van der Waals surface area contributed by atoms with Crippen LogP contribution in [0.5, 0.6) is 0 Å². The van der Waals surface area contributed by atoms with Crippen molar-refractivity contribution in [2.75, 3.05) is 13.2 Å². The van der Waals surface area contributed by atoms with Crippen LogP contribution in [0.25, 0.3) is 11.3 Å². The van der Waals surface area contributed by atoms with Crippen molar-refractivity contribution in [2.24, 2.45) is 0 Å². The molecular formula is C16H20FN3O. The first-order valence-corrected chi connectivity index (χ1v) is 7.43. The molecule has 21 heavy (non-hydrogen) atoms. The number of hydrogen-bond donors (Lipinski definition) is 2. The van der Waals surface area contributed by atoms with Gasteiger partial charge in [-0.15, -0.1) is 0 Å². The maximum absolute atomic E-state index is 13.0. The van der Waals surface area contributed by atoms with Gasteiger partial charge in [0.25, 0.3) is 0 Å². The van der Waals surface area contributed by atoms with Crippen molar-refractivity contribution in [3.05, 3.63) is 41.8 Å². The molecule has 5 heteroatoms. The van der Waals surface area contributed by atoms with E-state index in [2.05, 4.69) is 15.5 Å². The summed E-state index contributed by atoms with van der Waals surface area (Å²) >= 11 is 0. The van der Waals surface area contributed by atoms with Gasteiger partial charge in [0, 0.05) is 24.3 Å². The number of nitrogens with one attached hydrogen (secondary N) is 2. The van der Waals surface area contributed by atoms with Gasteiger partial charge in [0.05, 0.1) is 18.0 Å². The van der Waals surface area contributed by atoms with E-state index in [1.807, 2.05) is 6.20 Å². The Bertz CT molecular complexity index is 561. The predicted octanol–water partition coefficient (Wildman–Crippen LogP) is 2.87. The molecule has 0 spiro atoms. The van der Waals surface area contributed by atoms with E-state index in [1.54, 1.807) is 12.1 Å². The Morgan fingerprint density at radius 2 is 2.19 bits per heavy atom. The van der Waals surface area contributed by atoms with Crippen LogP contribution < -0.4 is 5.32 Å². The number of rotatable bonds is 6. The minimum Gasteiger partial charge on any atom is -0.378 e. The highest BCUT2D eigenvalue weighted by molar-refractivity contribution is 5.62. The van der Waals surface area contributed by atoms with E-state index in [9.17, 15) is 4.39 Å². The molecule has 112 valence electrons. The van der Waals surface area contributed by atoms with Crippen molar-refractivity contribution in [1.29, 1.82) is 0 Å². The summed E-state index contributed by atoms with van der Waals surface area (Å²) in [6.45, 7) is 2.58. The number of benzene rings is 1. The minimum absolute atomic E-state index is 0.227. The van der Waals surface area contributed by atoms with E-state index < -0.39 is 0 Å². The number of hydrogen-bond acceptors (Lipinski definition) is 3. The van der Waals surface area contributed by atoms with Crippen molar-refractivity contribution in [3.63, 3.8) is 0 Å². The number of aromatic amines is 1. The standard InChI is InChI=1S/C16H20FN3O/c17-14-5-3-12(4-6-14)16-13(11-19-20-16)10-18-8-7-15-2-1-9-21-15/h3-6,11,15,18H,1-2,7-10H2,(H,19,20)/t15-/m1/s1. The average Bonchev–Trinajstić information content (AvgIpc) is 3.16. The van der Waals surface area contributed by atoms with E-state index >= 15 is 0 Å². The molecule has 2 aromatic rings. The van der Waals surface area contributed by atoms with Gasteiger partial charge in [-0.05, 0) is 50.1 Å². The topological polar surface area (TPSA) is 49.9 Å². The van der Waals surface area contributed by atoms with Crippen LogP contribution in [0, 0.1) is 5.82 Å². The Kier molecular flexibility index (Phi) is 4.62. The minimum atomic E-state index is -0.227. The Morgan fingerprint density at radius 1 is 1.33 bits per heavy atom. The quantitative estimate of drug-likeness (QED) is 0.804. The molecule has 1 saturated heterocycles. The maximum Gasteiger partial charge on any atom is 0.123 e. The second-order valence-electron chi connectivity index (χ2n) is 5.38. The van der Waals surface area contributed by atoms with Gasteiger partial charge in [-0.2, -0.15) is 5.10 Å². The number of halogens is 1. The third-order valence-corrected chi connectivity index (χ3v) is 3.83. The van der Waals surface area contributed by atoms with Crippen molar-refractivity contribution >= 4 is 0 Å². The second kappa shape index (κ2) is 6.83. The predicted molar refractivity (Wildman–Crippen MR) is 79.3 cm³/mol. The van der Waals surface area contributed by atoms with Crippen LogP contribution in [0.15, 0.2) is 30.5 Å². The fraction of sp³-hybridized carbons (Fsp3) is 0.438. The van der Waals surface area contributed by atoms with E-state index in [0.717, 1.165) is 42.9 Å². The van der Waals surface area contributed by atoms with Crippen molar-refractivity contribution in [2.45, 2.75) is 31.9 Å². The number of H-pyrrole nitrogens is 1. The normalized spacial score (nSPS) is 18.2. The van der Waals surface area contributed by atoms with Crippen molar-refractivity contribution in [1.82, 2.24) is 15.5 Å². The molecular weight excluding hydrogens is 269 g/mol.